The third kappa shape index (κ3) is 1.26. The lowest BCUT2D eigenvalue weighted by Gasteiger charge is -2.04. The molecule has 0 spiro atoms. The molecule has 0 fully saturated rings. The first kappa shape index (κ1) is 9.32. The van der Waals surface area contributed by atoms with Crippen LogP contribution in [0.15, 0.2) is 32.8 Å². The Morgan fingerprint density at radius 1 is 1.53 bits per heavy atom. The summed E-state index contributed by atoms with van der Waals surface area (Å²) in [5, 5.41) is 21.4. The van der Waals surface area contributed by atoms with E-state index in [9.17, 15) is 10.0 Å². The standard InChI is InChI=1S/C9H8N2O4/c1-5-4-6(10-13)8-7(12)2-3-15-9(8)11(5)14/h2-4,13-14H,1H3/b10-6-. The fraction of sp³-hybridized carbons (Fsp3) is 0.111. The van der Waals surface area contributed by atoms with Crippen molar-refractivity contribution in [3.8, 4) is 0 Å². The Labute approximate surface area is 83.3 Å². The molecule has 2 N–H and O–H groups in total. The smallest absolute Gasteiger partial charge is 0.245 e. The Bertz CT molecular complexity index is 639. The van der Waals surface area contributed by atoms with E-state index in [1.165, 1.54) is 12.1 Å². The predicted molar refractivity (Wildman–Crippen MR) is 49.7 cm³/mol. The van der Waals surface area contributed by atoms with Crippen molar-refractivity contribution in [2.75, 3.05) is 0 Å². The van der Waals surface area contributed by atoms with E-state index in [1.807, 2.05) is 0 Å². The van der Waals surface area contributed by atoms with Crippen molar-refractivity contribution in [2.24, 2.45) is 5.16 Å². The van der Waals surface area contributed by atoms with Crippen molar-refractivity contribution in [3.63, 3.8) is 0 Å². The molecule has 15 heavy (non-hydrogen) atoms. The first-order chi connectivity index (χ1) is 7.15. The number of aryl methyl sites for hydroxylation is 1. The topological polar surface area (TPSA) is 88.0 Å². The zero-order valence-electron chi connectivity index (χ0n) is 7.84. The van der Waals surface area contributed by atoms with Crippen LogP contribution >= 0.6 is 0 Å². The summed E-state index contributed by atoms with van der Waals surface area (Å²) in [6.07, 6.45) is 1.16. The fourth-order valence-electron chi connectivity index (χ4n) is 1.37. The Morgan fingerprint density at radius 3 is 2.93 bits per heavy atom. The van der Waals surface area contributed by atoms with E-state index in [0.717, 1.165) is 11.0 Å². The number of fused-ring (bicyclic) bond motifs is 1. The summed E-state index contributed by atoms with van der Waals surface area (Å²) >= 11 is 0. The van der Waals surface area contributed by atoms with E-state index in [4.69, 9.17) is 9.62 Å². The Morgan fingerprint density at radius 2 is 2.27 bits per heavy atom. The highest BCUT2D eigenvalue weighted by Crippen LogP contribution is 2.06. The zero-order chi connectivity index (χ0) is 11.0. The second-order valence-corrected chi connectivity index (χ2v) is 3.05. The van der Waals surface area contributed by atoms with Crippen LogP contribution in [0, 0.1) is 6.92 Å². The number of nitrogens with zero attached hydrogens (tertiary/aromatic N) is 2. The molecule has 0 aliphatic rings. The fourth-order valence-corrected chi connectivity index (χ4v) is 1.37. The van der Waals surface area contributed by atoms with Gasteiger partial charge in [-0.15, -0.1) is 0 Å². The van der Waals surface area contributed by atoms with Crippen LogP contribution in [0.25, 0.3) is 11.1 Å². The maximum atomic E-state index is 11.5. The van der Waals surface area contributed by atoms with Crippen molar-refractivity contribution in [1.82, 2.24) is 4.73 Å². The van der Waals surface area contributed by atoms with E-state index >= 15 is 0 Å². The quantitative estimate of drug-likeness (QED) is 0.373. The van der Waals surface area contributed by atoms with Crippen LogP contribution in [0.5, 0.6) is 0 Å². The molecule has 0 aliphatic carbocycles. The highest BCUT2D eigenvalue weighted by molar-refractivity contribution is 5.72. The van der Waals surface area contributed by atoms with Crippen molar-refractivity contribution in [1.29, 1.82) is 0 Å². The molecule has 0 aliphatic heterocycles. The molecule has 0 aromatic carbocycles. The number of pyridine rings is 1. The van der Waals surface area contributed by atoms with Crippen LogP contribution in [0.4, 0.5) is 0 Å². The summed E-state index contributed by atoms with van der Waals surface area (Å²) in [7, 11) is 0. The molecular formula is C9H8N2O4. The highest BCUT2D eigenvalue weighted by Gasteiger charge is 2.09. The predicted octanol–water partition coefficient (Wildman–Crippen LogP) is 0.430. The highest BCUT2D eigenvalue weighted by atomic mass is 16.5. The monoisotopic (exact) mass is 208 g/mol. The maximum absolute atomic E-state index is 11.5. The van der Waals surface area contributed by atoms with E-state index in [2.05, 4.69) is 5.16 Å². The largest absolute Gasteiger partial charge is 0.445 e. The van der Waals surface area contributed by atoms with E-state index in [1.54, 1.807) is 6.92 Å². The van der Waals surface area contributed by atoms with Gasteiger partial charge in [0.05, 0.1) is 12.0 Å². The Kier molecular flexibility index (Phi) is 1.96. The van der Waals surface area contributed by atoms with E-state index in [-0.39, 0.29) is 21.9 Å². The molecule has 2 heterocycles. The van der Waals surface area contributed by atoms with Gasteiger partial charge < -0.3 is 14.8 Å². The lowest BCUT2D eigenvalue weighted by molar-refractivity contribution is 0.178. The molecule has 0 atom stereocenters. The van der Waals surface area contributed by atoms with Gasteiger partial charge in [-0.1, -0.05) is 5.16 Å². The Balaban J connectivity index is 3.19. The van der Waals surface area contributed by atoms with Crippen molar-refractivity contribution in [3.05, 3.63) is 39.7 Å². The van der Waals surface area contributed by atoms with Gasteiger partial charge in [0.2, 0.25) is 5.71 Å². The van der Waals surface area contributed by atoms with Crippen LogP contribution in [0.2, 0.25) is 0 Å². The minimum Gasteiger partial charge on any atom is -0.445 e. The molecule has 2 rings (SSSR count). The molecule has 2 aromatic heterocycles. The lowest BCUT2D eigenvalue weighted by Crippen LogP contribution is -2.18. The van der Waals surface area contributed by atoms with Gasteiger partial charge in [-0.3, -0.25) is 4.79 Å². The van der Waals surface area contributed by atoms with Crippen LogP contribution in [0.1, 0.15) is 5.69 Å². The zero-order valence-corrected chi connectivity index (χ0v) is 7.84. The van der Waals surface area contributed by atoms with Crippen LogP contribution in [-0.4, -0.2) is 15.1 Å². The lowest BCUT2D eigenvalue weighted by atomic mass is 10.2. The van der Waals surface area contributed by atoms with Gasteiger partial charge in [0.25, 0.3) is 0 Å². The van der Waals surface area contributed by atoms with Gasteiger partial charge in [0.1, 0.15) is 10.7 Å². The van der Waals surface area contributed by atoms with Crippen LogP contribution in [0.3, 0.4) is 0 Å². The molecule has 0 saturated carbocycles. The summed E-state index contributed by atoms with van der Waals surface area (Å²) in [6, 6.07) is 2.56. The molecular weight excluding hydrogens is 200 g/mol. The number of hydrogen-bond acceptors (Lipinski definition) is 5. The summed E-state index contributed by atoms with van der Waals surface area (Å²) in [6.45, 7) is 1.58. The first-order valence-corrected chi connectivity index (χ1v) is 4.16. The SMILES string of the molecule is Cc1c/c(=N/O)c2c(=O)ccoc2n1O. The average Bonchev–Trinajstić information content (AvgIpc) is 2.23. The molecule has 0 saturated heterocycles. The number of aromatic nitrogens is 1. The second-order valence-electron chi connectivity index (χ2n) is 3.05. The molecule has 0 radical (unpaired) electrons. The number of hydrogen-bond donors (Lipinski definition) is 2. The van der Waals surface area contributed by atoms with Gasteiger partial charge in [0, 0.05) is 6.07 Å². The van der Waals surface area contributed by atoms with Crippen molar-refractivity contribution >= 4 is 11.1 Å². The third-order valence-corrected chi connectivity index (χ3v) is 2.10. The third-order valence-electron chi connectivity index (χ3n) is 2.10. The van der Waals surface area contributed by atoms with Gasteiger partial charge in [-0.05, 0) is 13.0 Å². The summed E-state index contributed by atoms with van der Waals surface area (Å²) in [5.41, 5.74) is -0.0354. The van der Waals surface area contributed by atoms with Gasteiger partial charge in [-0.2, -0.15) is 4.73 Å². The van der Waals surface area contributed by atoms with E-state index < -0.39 is 0 Å². The summed E-state index contributed by atoms with van der Waals surface area (Å²) in [5.74, 6) is 0. The maximum Gasteiger partial charge on any atom is 0.245 e. The second kappa shape index (κ2) is 3.16. The minimum absolute atomic E-state index is 0.0353. The van der Waals surface area contributed by atoms with Gasteiger partial charge in [0.15, 0.2) is 5.43 Å². The normalized spacial score (nSPS) is 12.2. The van der Waals surface area contributed by atoms with Crippen LogP contribution in [-0.2, 0) is 0 Å². The van der Waals surface area contributed by atoms with E-state index in [0.29, 0.717) is 5.69 Å². The van der Waals surface area contributed by atoms with Crippen LogP contribution < -0.4 is 10.8 Å². The van der Waals surface area contributed by atoms with Crippen molar-refractivity contribution < 1.29 is 14.8 Å². The summed E-state index contributed by atoms with van der Waals surface area (Å²) < 4.78 is 5.72. The molecule has 78 valence electrons. The molecule has 0 unspecified atom stereocenters. The number of rotatable bonds is 0. The van der Waals surface area contributed by atoms with Gasteiger partial charge in [-0.25, -0.2) is 0 Å². The minimum atomic E-state index is -0.383. The molecule has 6 heteroatoms. The average molecular weight is 208 g/mol. The van der Waals surface area contributed by atoms with Crippen molar-refractivity contribution in [2.45, 2.75) is 6.92 Å². The molecule has 0 amide bonds. The molecule has 6 nitrogen and oxygen atoms in total. The molecule has 2 aromatic rings. The Hall–Kier alpha value is -2.24. The summed E-state index contributed by atoms with van der Waals surface area (Å²) in [4.78, 5) is 11.5. The molecule has 0 bridgehead atoms. The van der Waals surface area contributed by atoms with Gasteiger partial charge >= 0.3 is 0 Å². The first-order valence-electron chi connectivity index (χ1n) is 4.16.